The second-order valence-electron chi connectivity index (χ2n) is 7.39. The van der Waals surface area contributed by atoms with E-state index in [0.29, 0.717) is 5.92 Å². The lowest BCUT2D eigenvalue weighted by Gasteiger charge is -2.30. The molecule has 0 bridgehead atoms. The summed E-state index contributed by atoms with van der Waals surface area (Å²) in [6, 6.07) is 0.162. The van der Waals surface area contributed by atoms with Gasteiger partial charge in [-0.2, -0.15) is 11.8 Å². The summed E-state index contributed by atoms with van der Waals surface area (Å²) in [6.45, 7) is 6.66. The van der Waals surface area contributed by atoms with Gasteiger partial charge in [-0.05, 0) is 40.0 Å². The van der Waals surface area contributed by atoms with Crippen molar-refractivity contribution in [3.05, 3.63) is 11.6 Å². The molecule has 0 radical (unpaired) electrons. The third-order valence-corrected chi connectivity index (χ3v) is 5.24. The van der Waals surface area contributed by atoms with Crippen LogP contribution in [-0.2, 0) is 17.0 Å². The number of alkyl carbamates (subject to hydrolysis) is 1. The van der Waals surface area contributed by atoms with Gasteiger partial charge < -0.3 is 14.6 Å². The molecular formula is C16H26N4O2S. The standard InChI is InChI=1S/C16H26N4O2S/c1-16(2,3)22-15(21)17-12-6-4-5-11(9-12)14-19-18-13-10-23-8-7-20(13)14/h11-12H,4-10H2,1-3H3,(H,17,21)/t11-,12+/m0/s1. The van der Waals surface area contributed by atoms with Crippen LogP contribution >= 0.6 is 11.8 Å². The number of carbonyl (C=O) groups is 1. The fourth-order valence-corrected chi connectivity index (χ4v) is 4.20. The van der Waals surface area contributed by atoms with E-state index in [0.717, 1.165) is 55.4 Å². The first-order chi connectivity index (χ1) is 10.9. The van der Waals surface area contributed by atoms with Gasteiger partial charge in [0.2, 0.25) is 0 Å². The molecule has 2 atom stereocenters. The van der Waals surface area contributed by atoms with Crippen molar-refractivity contribution >= 4 is 17.9 Å². The van der Waals surface area contributed by atoms with E-state index in [-0.39, 0.29) is 12.1 Å². The Kier molecular flexibility index (Phi) is 4.85. The zero-order valence-electron chi connectivity index (χ0n) is 14.2. The third kappa shape index (κ3) is 4.19. The Morgan fingerprint density at radius 2 is 2.17 bits per heavy atom. The topological polar surface area (TPSA) is 69.0 Å². The molecule has 0 saturated heterocycles. The van der Waals surface area contributed by atoms with Crippen LogP contribution in [0, 0.1) is 0 Å². The van der Waals surface area contributed by atoms with Crippen molar-refractivity contribution in [1.82, 2.24) is 20.1 Å². The second-order valence-corrected chi connectivity index (χ2v) is 8.49. The summed E-state index contributed by atoms with van der Waals surface area (Å²) < 4.78 is 7.66. The monoisotopic (exact) mass is 338 g/mol. The van der Waals surface area contributed by atoms with E-state index < -0.39 is 5.60 Å². The molecule has 0 aromatic carbocycles. The zero-order chi connectivity index (χ0) is 16.4. The smallest absolute Gasteiger partial charge is 0.407 e. The number of hydrogen-bond donors (Lipinski definition) is 1. The largest absolute Gasteiger partial charge is 0.444 e. The number of fused-ring (bicyclic) bond motifs is 1. The molecule has 1 aromatic heterocycles. The number of thioether (sulfide) groups is 1. The van der Waals surface area contributed by atoms with Gasteiger partial charge in [-0.15, -0.1) is 10.2 Å². The van der Waals surface area contributed by atoms with Gasteiger partial charge in [-0.3, -0.25) is 0 Å². The fraction of sp³-hybridized carbons (Fsp3) is 0.812. The summed E-state index contributed by atoms with van der Waals surface area (Å²) in [7, 11) is 0. The molecule has 1 aliphatic heterocycles. The number of nitrogens with zero attached hydrogens (tertiary/aromatic N) is 3. The van der Waals surface area contributed by atoms with Gasteiger partial charge in [0, 0.05) is 24.3 Å². The summed E-state index contributed by atoms with van der Waals surface area (Å²) in [6.07, 6.45) is 3.83. The Bertz CT molecular complexity index is 567. The molecule has 3 rings (SSSR count). The average molecular weight is 338 g/mol. The van der Waals surface area contributed by atoms with E-state index in [1.165, 1.54) is 0 Å². The van der Waals surface area contributed by atoms with Crippen molar-refractivity contribution in [3.8, 4) is 0 Å². The predicted octanol–water partition coefficient (Wildman–Crippen LogP) is 3.08. The third-order valence-electron chi connectivity index (χ3n) is 4.31. The maximum Gasteiger partial charge on any atom is 0.407 e. The molecule has 23 heavy (non-hydrogen) atoms. The first-order valence-corrected chi connectivity index (χ1v) is 9.57. The zero-order valence-corrected chi connectivity index (χ0v) is 15.0. The van der Waals surface area contributed by atoms with Gasteiger partial charge in [-0.25, -0.2) is 4.79 Å². The molecule has 1 aromatic rings. The van der Waals surface area contributed by atoms with Gasteiger partial charge in [0.1, 0.15) is 17.2 Å². The lowest BCUT2D eigenvalue weighted by atomic mass is 9.85. The molecule has 6 nitrogen and oxygen atoms in total. The highest BCUT2D eigenvalue weighted by molar-refractivity contribution is 7.98. The minimum Gasteiger partial charge on any atom is -0.444 e. The molecule has 2 aliphatic rings. The fourth-order valence-electron chi connectivity index (χ4n) is 3.35. The van der Waals surface area contributed by atoms with Gasteiger partial charge >= 0.3 is 6.09 Å². The lowest BCUT2D eigenvalue weighted by Crippen LogP contribution is -2.41. The average Bonchev–Trinajstić information content (AvgIpc) is 2.89. The number of ether oxygens (including phenoxy) is 1. The Balaban J connectivity index is 1.62. The first kappa shape index (κ1) is 16.6. The van der Waals surface area contributed by atoms with Gasteiger partial charge in [0.05, 0.1) is 5.75 Å². The number of carbonyl (C=O) groups excluding carboxylic acids is 1. The number of rotatable bonds is 2. The number of nitrogens with one attached hydrogen (secondary N) is 1. The molecule has 1 fully saturated rings. The van der Waals surface area contributed by atoms with Gasteiger partial charge in [0.25, 0.3) is 0 Å². The minimum absolute atomic E-state index is 0.162. The van der Waals surface area contributed by atoms with E-state index in [1.54, 1.807) is 0 Å². The molecular weight excluding hydrogens is 312 g/mol. The minimum atomic E-state index is -0.456. The van der Waals surface area contributed by atoms with E-state index in [1.807, 2.05) is 32.5 Å². The highest BCUT2D eigenvalue weighted by atomic mass is 32.2. The van der Waals surface area contributed by atoms with Crippen LogP contribution in [0.3, 0.4) is 0 Å². The summed E-state index contributed by atoms with van der Waals surface area (Å²) in [4.78, 5) is 12.0. The summed E-state index contributed by atoms with van der Waals surface area (Å²) >= 11 is 1.91. The van der Waals surface area contributed by atoms with Crippen LogP contribution in [0.15, 0.2) is 0 Å². The maximum absolute atomic E-state index is 12.0. The van der Waals surface area contributed by atoms with Crippen molar-refractivity contribution < 1.29 is 9.53 Å². The molecule has 1 amide bonds. The highest BCUT2D eigenvalue weighted by Crippen LogP contribution is 2.33. The Hall–Kier alpha value is -1.24. The molecule has 1 aliphatic carbocycles. The molecule has 1 saturated carbocycles. The number of hydrogen-bond acceptors (Lipinski definition) is 5. The molecule has 0 spiro atoms. The van der Waals surface area contributed by atoms with Crippen LogP contribution in [0.25, 0.3) is 0 Å². The number of amides is 1. The van der Waals surface area contributed by atoms with Crippen LogP contribution in [0.2, 0.25) is 0 Å². The molecule has 1 N–H and O–H groups in total. The van der Waals surface area contributed by atoms with Crippen LogP contribution in [-0.4, -0.2) is 38.3 Å². The van der Waals surface area contributed by atoms with Gasteiger partial charge in [-0.1, -0.05) is 6.42 Å². The van der Waals surface area contributed by atoms with Gasteiger partial charge in [0.15, 0.2) is 0 Å². The normalized spacial score (nSPS) is 24.8. The van der Waals surface area contributed by atoms with Crippen molar-refractivity contribution in [2.24, 2.45) is 0 Å². The summed E-state index contributed by atoms with van der Waals surface area (Å²) in [5.41, 5.74) is -0.456. The summed E-state index contributed by atoms with van der Waals surface area (Å²) in [5, 5.41) is 11.8. The Morgan fingerprint density at radius 1 is 1.35 bits per heavy atom. The van der Waals surface area contributed by atoms with Crippen molar-refractivity contribution in [2.75, 3.05) is 5.75 Å². The Labute approximate surface area is 141 Å². The van der Waals surface area contributed by atoms with Crippen molar-refractivity contribution in [3.63, 3.8) is 0 Å². The number of aromatic nitrogens is 3. The quantitative estimate of drug-likeness (QED) is 0.897. The Morgan fingerprint density at radius 3 is 2.96 bits per heavy atom. The molecule has 0 unspecified atom stereocenters. The second kappa shape index (κ2) is 6.71. The van der Waals surface area contributed by atoms with Crippen molar-refractivity contribution in [1.29, 1.82) is 0 Å². The predicted molar refractivity (Wildman–Crippen MR) is 90.6 cm³/mol. The van der Waals surface area contributed by atoms with E-state index in [2.05, 4.69) is 20.1 Å². The first-order valence-electron chi connectivity index (χ1n) is 8.41. The van der Waals surface area contributed by atoms with E-state index >= 15 is 0 Å². The van der Waals surface area contributed by atoms with Crippen LogP contribution in [0.5, 0.6) is 0 Å². The van der Waals surface area contributed by atoms with Crippen LogP contribution in [0.1, 0.15) is 64.0 Å². The molecule has 128 valence electrons. The molecule has 7 heteroatoms. The lowest BCUT2D eigenvalue weighted by molar-refractivity contribution is 0.0489. The SMILES string of the molecule is CC(C)(C)OC(=O)N[C@@H]1CCC[C@H](c2nnc3n2CCSC3)C1. The van der Waals surface area contributed by atoms with Crippen LogP contribution < -0.4 is 5.32 Å². The van der Waals surface area contributed by atoms with Crippen molar-refractivity contribution in [2.45, 2.75) is 76.3 Å². The highest BCUT2D eigenvalue weighted by Gasteiger charge is 2.30. The maximum atomic E-state index is 12.0. The molecule has 2 heterocycles. The van der Waals surface area contributed by atoms with Crippen LogP contribution in [0.4, 0.5) is 4.79 Å². The van der Waals surface area contributed by atoms with E-state index in [4.69, 9.17) is 4.74 Å². The summed E-state index contributed by atoms with van der Waals surface area (Å²) in [5.74, 6) is 4.67. The van der Waals surface area contributed by atoms with E-state index in [9.17, 15) is 4.79 Å².